The molecule has 0 spiro atoms. The third-order valence-electron chi connectivity index (χ3n) is 2.59. The zero-order valence-corrected chi connectivity index (χ0v) is 9.49. The molecule has 0 aliphatic carbocycles. The molecule has 0 radical (unpaired) electrons. The summed E-state index contributed by atoms with van der Waals surface area (Å²) in [6.07, 6.45) is 3.29. The van der Waals surface area contributed by atoms with Gasteiger partial charge >= 0.3 is 0 Å². The molecule has 84 valence electrons. The summed E-state index contributed by atoms with van der Waals surface area (Å²) in [6.45, 7) is 0. The van der Waals surface area contributed by atoms with Gasteiger partial charge in [-0.25, -0.2) is 0 Å². The van der Waals surface area contributed by atoms with Crippen molar-refractivity contribution in [1.29, 1.82) is 0 Å². The number of halogens is 1. The maximum atomic E-state index is 11.8. The van der Waals surface area contributed by atoms with Crippen LogP contribution in [0.25, 0.3) is 11.6 Å². The molecule has 4 heteroatoms. The van der Waals surface area contributed by atoms with Gasteiger partial charge in [0, 0.05) is 10.6 Å². The summed E-state index contributed by atoms with van der Waals surface area (Å²) in [5, 5.41) is 3.37. The summed E-state index contributed by atoms with van der Waals surface area (Å²) in [6, 6.07) is 8.90. The topological polar surface area (TPSA) is 42.2 Å². The molecule has 2 heterocycles. The molecule has 17 heavy (non-hydrogen) atoms. The first kappa shape index (κ1) is 10.2. The lowest BCUT2D eigenvalue weighted by Crippen LogP contribution is -2.03. The minimum atomic E-state index is -0.140. The average Bonchev–Trinajstić information content (AvgIpc) is 2.88. The number of carbonyl (C=O) groups excluding carboxylic acids is 1. The van der Waals surface area contributed by atoms with Gasteiger partial charge in [-0.05, 0) is 30.3 Å². The molecule has 1 aliphatic rings. The second-order valence-electron chi connectivity index (χ2n) is 3.72. The average molecular weight is 246 g/mol. The number of amides is 1. The number of benzene rings is 1. The lowest BCUT2D eigenvalue weighted by atomic mass is 10.1. The summed E-state index contributed by atoms with van der Waals surface area (Å²) in [5.74, 6) is 0.511. The van der Waals surface area contributed by atoms with E-state index >= 15 is 0 Å². The molecule has 0 fully saturated rings. The van der Waals surface area contributed by atoms with Crippen molar-refractivity contribution in [2.75, 3.05) is 5.32 Å². The van der Waals surface area contributed by atoms with Gasteiger partial charge < -0.3 is 9.73 Å². The third kappa shape index (κ3) is 1.74. The van der Waals surface area contributed by atoms with Crippen molar-refractivity contribution < 1.29 is 9.21 Å². The Kier molecular flexibility index (Phi) is 2.27. The first-order valence-corrected chi connectivity index (χ1v) is 5.48. The van der Waals surface area contributed by atoms with Crippen molar-refractivity contribution in [2.45, 2.75) is 0 Å². The van der Waals surface area contributed by atoms with Crippen molar-refractivity contribution >= 4 is 34.8 Å². The van der Waals surface area contributed by atoms with Gasteiger partial charge in [-0.1, -0.05) is 17.7 Å². The van der Waals surface area contributed by atoms with Crippen LogP contribution >= 0.6 is 11.6 Å². The number of furan rings is 1. The zero-order valence-electron chi connectivity index (χ0n) is 8.74. The molecular formula is C13H8ClNO2. The summed E-state index contributed by atoms with van der Waals surface area (Å²) >= 11 is 5.87. The number of anilines is 1. The molecule has 1 aliphatic heterocycles. The van der Waals surface area contributed by atoms with Gasteiger partial charge in [0.1, 0.15) is 5.76 Å². The van der Waals surface area contributed by atoms with E-state index in [1.54, 1.807) is 36.6 Å². The highest BCUT2D eigenvalue weighted by atomic mass is 35.5. The van der Waals surface area contributed by atoms with Crippen molar-refractivity contribution in [3.8, 4) is 0 Å². The highest BCUT2D eigenvalue weighted by Crippen LogP contribution is 2.34. The zero-order chi connectivity index (χ0) is 11.8. The van der Waals surface area contributed by atoms with Crippen LogP contribution in [0.4, 0.5) is 5.69 Å². The maximum Gasteiger partial charge on any atom is 0.256 e. The second-order valence-corrected chi connectivity index (χ2v) is 4.15. The summed E-state index contributed by atoms with van der Waals surface area (Å²) in [7, 11) is 0. The van der Waals surface area contributed by atoms with Crippen LogP contribution in [0.5, 0.6) is 0 Å². The second kappa shape index (κ2) is 3.79. The number of hydrogen-bond acceptors (Lipinski definition) is 2. The summed E-state index contributed by atoms with van der Waals surface area (Å²) < 4.78 is 5.20. The van der Waals surface area contributed by atoms with Gasteiger partial charge in [-0.15, -0.1) is 0 Å². The molecule has 0 unspecified atom stereocenters. The van der Waals surface area contributed by atoms with Crippen LogP contribution in [-0.4, -0.2) is 5.91 Å². The van der Waals surface area contributed by atoms with Crippen LogP contribution in [0.2, 0.25) is 5.02 Å². The lowest BCUT2D eigenvalue weighted by molar-refractivity contribution is -0.110. The maximum absolute atomic E-state index is 11.8. The van der Waals surface area contributed by atoms with E-state index in [0.717, 1.165) is 11.3 Å². The Labute approximate surface area is 103 Å². The molecular weight excluding hydrogens is 238 g/mol. The van der Waals surface area contributed by atoms with Gasteiger partial charge in [0.2, 0.25) is 0 Å². The smallest absolute Gasteiger partial charge is 0.256 e. The van der Waals surface area contributed by atoms with E-state index < -0.39 is 0 Å². The van der Waals surface area contributed by atoms with Crippen LogP contribution in [0.3, 0.4) is 0 Å². The summed E-state index contributed by atoms with van der Waals surface area (Å²) in [4.78, 5) is 11.8. The van der Waals surface area contributed by atoms with Crippen LogP contribution < -0.4 is 5.32 Å². The van der Waals surface area contributed by atoms with Crippen molar-refractivity contribution in [1.82, 2.24) is 0 Å². The minimum absolute atomic E-state index is 0.140. The molecule has 1 N–H and O–H groups in total. The van der Waals surface area contributed by atoms with Crippen LogP contribution in [0, 0.1) is 0 Å². The SMILES string of the molecule is O=C1Nc2cc(Cl)ccc2/C1=C/c1ccco1. The number of fused-ring (bicyclic) bond motifs is 1. The molecule has 0 saturated carbocycles. The lowest BCUT2D eigenvalue weighted by Gasteiger charge is -1.97. The molecule has 1 amide bonds. The predicted octanol–water partition coefficient (Wildman–Crippen LogP) is 3.43. The fourth-order valence-corrected chi connectivity index (χ4v) is 2.00. The Balaban J connectivity index is 2.11. The first-order valence-electron chi connectivity index (χ1n) is 5.10. The van der Waals surface area contributed by atoms with E-state index in [4.69, 9.17) is 16.0 Å². The monoisotopic (exact) mass is 245 g/mol. The first-order chi connectivity index (χ1) is 8.24. The van der Waals surface area contributed by atoms with Gasteiger partial charge in [-0.3, -0.25) is 4.79 Å². The Hall–Kier alpha value is -2.00. The van der Waals surface area contributed by atoms with E-state index in [2.05, 4.69) is 5.32 Å². The third-order valence-corrected chi connectivity index (χ3v) is 2.83. The normalized spacial score (nSPS) is 16.1. The van der Waals surface area contributed by atoms with Gasteiger partial charge in [0.15, 0.2) is 0 Å². The molecule has 0 bridgehead atoms. The number of carbonyl (C=O) groups is 1. The highest BCUT2D eigenvalue weighted by molar-refractivity contribution is 6.36. The molecule has 0 saturated heterocycles. The molecule has 1 aromatic heterocycles. The molecule has 3 nitrogen and oxygen atoms in total. The van der Waals surface area contributed by atoms with Crippen LogP contribution in [0.1, 0.15) is 11.3 Å². The largest absolute Gasteiger partial charge is 0.465 e. The van der Waals surface area contributed by atoms with Crippen LogP contribution in [0.15, 0.2) is 41.0 Å². The highest BCUT2D eigenvalue weighted by Gasteiger charge is 2.24. The Morgan fingerprint density at radius 1 is 1.29 bits per heavy atom. The van der Waals surface area contributed by atoms with Gasteiger partial charge in [0.25, 0.3) is 5.91 Å². The van der Waals surface area contributed by atoms with E-state index in [1.807, 2.05) is 6.07 Å². The van der Waals surface area contributed by atoms with E-state index in [9.17, 15) is 4.79 Å². The number of nitrogens with one attached hydrogen (secondary N) is 1. The molecule has 2 aromatic rings. The molecule has 3 rings (SSSR count). The van der Waals surface area contributed by atoms with Crippen molar-refractivity contribution in [3.05, 3.63) is 52.9 Å². The fourth-order valence-electron chi connectivity index (χ4n) is 1.83. The summed E-state index contributed by atoms with van der Waals surface area (Å²) in [5.41, 5.74) is 2.17. The Morgan fingerprint density at radius 2 is 2.18 bits per heavy atom. The Bertz CT molecular complexity index is 614. The van der Waals surface area contributed by atoms with Gasteiger partial charge in [-0.2, -0.15) is 0 Å². The standard InChI is InChI=1S/C13H8ClNO2/c14-8-3-4-10-11(7-9-2-1-5-17-9)13(16)15-12(10)6-8/h1-7H,(H,15,16)/b11-7-. The quantitative estimate of drug-likeness (QED) is 0.782. The predicted molar refractivity (Wildman–Crippen MR) is 66.7 cm³/mol. The van der Waals surface area contributed by atoms with Crippen molar-refractivity contribution in [2.24, 2.45) is 0 Å². The van der Waals surface area contributed by atoms with E-state index in [1.165, 1.54) is 0 Å². The molecule has 1 aromatic carbocycles. The van der Waals surface area contributed by atoms with Crippen molar-refractivity contribution in [3.63, 3.8) is 0 Å². The Morgan fingerprint density at radius 3 is 2.94 bits per heavy atom. The fraction of sp³-hybridized carbons (Fsp3) is 0. The minimum Gasteiger partial charge on any atom is -0.465 e. The molecule has 0 atom stereocenters. The van der Waals surface area contributed by atoms with E-state index in [-0.39, 0.29) is 5.91 Å². The number of rotatable bonds is 1. The van der Waals surface area contributed by atoms with Gasteiger partial charge in [0.05, 0.1) is 17.5 Å². The van der Waals surface area contributed by atoms with E-state index in [0.29, 0.717) is 16.4 Å². The number of hydrogen-bond donors (Lipinski definition) is 1. The van der Waals surface area contributed by atoms with Crippen LogP contribution in [-0.2, 0) is 4.79 Å².